The van der Waals surface area contributed by atoms with Crippen molar-refractivity contribution in [2.75, 3.05) is 39.3 Å². The molecule has 2 heterocycles. The Balaban J connectivity index is 0.00000200. The zero-order valence-electron chi connectivity index (χ0n) is 13.9. The molecule has 1 atom stereocenters. The first-order valence-corrected chi connectivity index (χ1v) is 8.25. The second-order valence-corrected chi connectivity index (χ2v) is 7.49. The highest BCUT2D eigenvalue weighted by molar-refractivity contribution is 5.85. The Hall–Kier alpha value is 0.460. The average Bonchev–Trinajstić information content (AvgIpc) is 2.56. The predicted octanol–water partition coefficient (Wildman–Crippen LogP) is 3.16. The van der Waals surface area contributed by atoms with Crippen molar-refractivity contribution >= 4 is 24.8 Å². The normalized spacial score (nSPS) is 25.6. The third-order valence-corrected chi connectivity index (χ3v) is 4.54. The van der Waals surface area contributed by atoms with Crippen LogP contribution < -0.4 is 5.73 Å². The van der Waals surface area contributed by atoms with Gasteiger partial charge in [0.05, 0.1) is 0 Å². The average molecular weight is 340 g/mol. The van der Waals surface area contributed by atoms with Gasteiger partial charge in [0.1, 0.15) is 0 Å². The molecule has 128 valence electrons. The van der Waals surface area contributed by atoms with E-state index in [2.05, 4.69) is 23.6 Å². The van der Waals surface area contributed by atoms with Gasteiger partial charge in [-0.3, -0.25) is 0 Å². The molecule has 2 aliphatic rings. The van der Waals surface area contributed by atoms with Gasteiger partial charge in [-0.2, -0.15) is 0 Å². The van der Waals surface area contributed by atoms with Crippen LogP contribution >= 0.6 is 24.8 Å². The molecule has 3 nitrogen and oxygen atoms in total. The third kappa shape index (κ3) is 8.03. The molecule has 21 heavy (non-hydrogen) atoms. The second-order valence-electron chi connectivity index (χ2n) is 7.49. The largest absolute Gasteiger partial charge is 0.327 e. The van der Waals surface area contributed by atoms with Crippen LogP contribution in [-0.2, 0) is 0 Å². The maximum atomic E-state index is 6.10. The van der Waals surface area contributed by atoms with Crippen LogP contribution in [0.15, 0.2) is 0 Å². The lowest BCUT2D eigenvalue weighted by atomic mass is 9.90. The molecule has 2 N–H and O–H groups in total. The number of hydrogen-bond donors (Lipinski definition) is 1. The molecule has 2 aliphatic heterocycles. The Morgan fingerprint density at radius 1 is 0.857 bits per heavy atom. The van der Waals surface area contributed by atoms with E-state index < -0.39 is 0 Å². The van der Waals surface area contributed by atoms with Crippen molar-refractivity contribution in [1.29, 1.82) is 0 Å². The SMILES string of the molecule is CC(C)(CN1CCCCCC1)CN1CCCC(N)C1.Cl.Cl. The molecule has 0 bridgehead atoms. The summed E-state index contributed by atoms with van der Waals surface area (Å²) in [5, 5.41) is 0. The van der Waals surface area contributed by atoms with Crippen molar-refractivity contribution in [1.82, 2.24) is 9.80 Å². The summed E-state index contributed by atoms with van der Waals surface area (Å²) in [7, 11) is 0. The zero-order valence-corrected chi connectivity index (χ0v) is 15.5. The first-order valence-electron chi connectivity index (χ1n) is 8.25. The van der Waals surface area contributed by atoms with Crippen molar-refractivity contribution in [3.8, 4) is 0 Å². The van der Waals surface area contributed by atoms with Gasteiger partial charge in [-0.15, -0.1) is 24.8 Å². The van der Waals surface area contributed by atoms with Gasteiger partial charge < -0.3 is 15.5 Å². The molecule has 0 amide bonds. The topological polar surface area (TPSA) is 32.5 Å². The fourth-order valence-electron chi connectivity index (χ4n) is 3.79. The van der Waals surface area contributed by atoms with Crippen molar-refractivity contribution in [2.45, 2.75) is 58.4 Å². The number of likely N-dealkylation sites (tertiary alicyclic amines) is 2. The van der Waals surface area contributed by atoms with Gasteiger partial charge in [-0.1, -0.05) is 26.7 Å². The summed E-state index contributed by atoms with van der Waals surface area (Å²) in [6.07, 6.45) is 8.13. The fourth-order valence-corrected chi connectivity index (χ4v) is 3.79. The van der Waals surface area contributed by atoms with E-state index in [0.717, 1.165) is 6.54 Å². The molecule has 0 aliphatic carbocycles. The molecule has 0 aromatic rings. The Bertz CT molecular complexity index is 260. The molecule has 0 saturated carbocycles. The maximum absolute atomic E-state index is 6.10. The molecule has 0 spiro atoms. The Morgan fingerprint density at radius 2 is 1.38 bits per heavy atom. The second kappa shape index (κ2) is 10.3. The molecular weight excluding hydrogens is 305 g/mol. The Morgan fingerprint density at radius 3 is 1.95 bits per heavy atom. The van der Waals surface area contributed by atoms with Crippen LogP contribution in [0.2, 0.25) is 0 Å². The van der Waals surface area contributed by atoms with Crippen LogP contribution in [0, 0.1) is 5.41 Å². The highest BCUT2D eigenvalue weighted by atomic mass is 35.5. The highest BCUT2D eigenvalue weighted by Crippen LogP contribution is 2.23. The number of halogens is 2. The summed E-state index contributed by atoms with van der Waals surface area (Å²) in [5.74, 6) is 0. The lowest BCUT2D eigenvalue weighted by Crippen LogP contribution is -2.48. The van der Waals surface area contributed by atoms with E-state index in [1.54, 1.807) is 0 Å². The molecule has 0 aromatic carbocycles. The molecule has 2 saturated heterocycles. The molecule has 0 aromatic heterocycles. The van der Waals surface area contributed by atoms with Crippen molar-refractivity contribution in [3.63, 3.8) is 0 Å². The predicted molar refractivity (Wildman–Crippen MR) is 96.8 cm³/mol. The van der Waals surface area contributed by atoms with E-state index in [0.29, 0.717) is 11.5 Å². The summed E-state index contributed by atoms with van der Waals surface area (Å²) < 4.78 is 0. The first-order chi connectivity index (χ1) is 9.05. The summed E-state index contributed by atoms with van der Waals surface area (Å²) in [4.78, 5) is 5.28. The van der Waals surface area contributed by atoms with Gasteiger partial charge in [-0.25, -0.2) is 0 Å². The van der Waals surface area contributed by atoms with Gasteiger partial charge in [0.15, 0.2) is 0 Å². The van der Waals surface area contributed by atoms with Gasteiger partial charge in [-0.05, 0) is 50.7 Å². The fraction of sp³-hybridized carbons (Fsp3) is 1.00. The van der Waals surface area contributed by atoms with Gasteiger partial charge >= 0.3 is 0 Å². The van der Waals surface area contributed by atoms with E-state index >= 15 is 0 Å². The Labute approximate surface area is 143 Å². The molecule has 2 fully saturated rings. The highest BCUT2D eigenvalue weighted by Gasteiger charge is 2.27. The minimum absolute atomic E-state index is 0. The van der Waals surface area contributed by atoms with E-state index in [-0.39, 0.29) is 24.8 Å². The summed E-state index contributed by atoms with van der Waals surface area (Å²) >= 11 is 0. The standard InChI is InChI=1S/C16H33N3.2ClH/c1-16(2,13-18-9-5-3-4-6-10-18)14-19-11-7-8-15(17)12-19;;/h15H,3-14,17H2,1-2H3;2*1H. The smallest absolute Gasteiger partial charge is 0.0168 e. The third-order valence-electron chi connectivity index (χ3n) is 4.54. The van der Waals surface area contributed by atoms with E-state index in [9.17, 15) is 0 Å². The maximum Gasteiger partial charge on any atom is 0.0168 e. The van der Waals surface area contributed by atoms with Crippen LogP contribution in [0.5, 0.6) is 0 Å². The van der Waals surface area contributed by atoms with Gasteiger partial charge in [0.25, 0.3) is 0 Å². The van der Waals surface area contributed by atoms with Crippen LogP contribution in [0.4, 0.5) is 0 Å². The van der Waals surface area contributed by atoms with E-state index in [4.69, 9.17) is 5.73 Å². The van der Waals surface area contributed by atoms with Crippen molar-refractivity contribution in [3.05, 3.63) is 0 Å². The van der Waals surface area contributed by atoms with Gasteiger partial charge in [0.2, 0.25) is 0 Å². The molecular formula is C16H35Cl2N3. The minimum Gasteiger partial charge on any atom is -0.327 e. The van der Waals surface area contributed by atoms with E-state index in [1.165, 1.54) is 71.2 Å². The Kier molecular flexibility index (Phi) is 10.5. The van der Waals surface area contributed by atoms with Crippen molar-refractivity contribution < 1.29 is 0 Å². The first kappa shape index (κ1) is 21.5. The lowest BCUT2D eigenvalue weighted by Gasteiger charge is -2.39. The van der Waals surface area contributed by atoms with Crippen molar-refractivity contribution in [2.24, 2.45) is 11.1 Å². The molecule has 2 rings (SSSR count). The van der Waals surface area contributed by atoms with Crippen LogP contribution in [-0.4, -0.2) is 55.1 Å². The van der Waals surface area contributed by atoms with Crippen LogP contribution in [0.1, 0.15) is 52.4 Å². The summed E-state index contributed by atoms with van der Waals surface area (Å²) in [6, 6.07) is 0.405. The molecule has 0 radical (unpaired) electrons. The van der Waals surface area contributed by atoms with Gasteiger partial charge in [0, 0.05) is 25.7 Å². The number of rotatable bonds is 4. The zero-order chi connectivity index (χ0) is 13.7. The van der Waals surface area contributed by atoms with Crippen LogP contribution in [0.25, 0.3) is 0 Å². The summed E-state index contributed by atoms with van der Waals surface area (Å²) in [5.41, 5.74) is 6.49. The van der Waals surface area contributed by atoms with Crippen LogP contribution in [0.3, 0.4) is 0 Å². The lowest BCUT2D eigenvalue weighted by molar-refractivity contribution is 0.103. The number of hydrogen-bond acceptors (Lipinski definition) is 3. The number of nitrogens with two attached hydrogens (primary N) is 1. The summed E-state index contributed by atoms with van der Waals surface area (Å²) in [6.45, 7) is 12.3. The van der Waals surface area contributed by atoms with E-state index in [1.807, 2.05) is 0 Å². The monoisotopic (exact) mass is 339 g/mol. The number of nitrogens with zero attached hydrogens (tertiary/aromatic N) is 2. The quantitative estimate of drug-likeness (QED) is 0.853. The molecule has 1 unspecified atom stereocenters. The number of piperidine rings is 1. The molecule has 5 heteroatoms. The minimum atomic E-state index is 0.